The average Bonchev–Trinajstić information content (AvgIpc) is 3.51. The third-order valence-corrected chi connectivity index (χ3v) is 5.93. The van der Waals surface area contributed by atoms with Gasteiger partial charge in [-0.3, -0.25) is 4.84 Å². The van der Waals surface area contributed by atoms with Gasteiger partial charge in [-0.25, -0.2) is 0 Å². The zero-order valence-corrected chi connectivity index (χ0v) is 18.7. The van der Waals surface area contributed by atoms with E-state index < -0.39 is 5.79 Å². The second kappa shape index (κ2) is 8.60. The van der Waals surface area contributed by atoms with E-state index in [2.05, 4.69) is 44.9 Å². The number of nitrogens with zero attached hydrogens (tertiary/aromatic N) is 1. The van der Waals surface area contributed by atoms with E-state index in [1.54, 1.807) is 0 Å². The van der Waals surface area contributed by atoms with E-state index in [9.17, 15) is 0 Å². The molecule has 0 N–H and O–H groups in total. The number of epoxide rings is 1. The van der Waals surface area contributed by atoms with Gasteiger partial charge in [0.05, 0.1) is 26.4 Å². The highest BCUT2D eigenvalue weighted by Gasteiger charge is 2.55. The zero-order valence-electron chi connectivity index (χ0n) is 18.7. The molecule has 3 aliphatic heterocycles. The van der Waals surface area contributed by atoms with Gasteiger partial charge in [-0.2, -0.15) is 5.06 Å². The van der Waals surface area contributed by atoms with E-state index in [1.807, 2.05) is 24.3 Å². The van der Waals surface area contributed by atoms with Crippen LogP contribution in [0.4, 0.5) is 0 Å². The van der Waals surface area contributed by atoms with Crippen LogP contribution in [0.1, 0.15) is 46.1 Å². The molecule has 6 nitrogen and oxygen atoms in total. The lowest BCUT2D eigenvalue weighted by Gasteiger charge is -2.57. The number of hydrogen-bond acceptors (Lipinski definition) is 6. The lowest BCUT2D eigenvalue weighted by molar-refractivity contribution is -0.352. The number of benzene rings is 1. The van der Waals surface area contributed by atoms with E-state index in [-0.39, 0.29) is 17.2 Å². The van der Waals surface area contributed by atoms with Gasteiger partial charge in [0.2, 0.25) is 0 Å². The van der Waals surface area contributed by atoms with Gasteiger partial charge in [0, 0.05) is 23.9 Å². The van der Waals surface area contributed by atoms with Gasteiger partial charge in [-0.1, -0.05) is 24.3 Å². The Labute approximate surface area is 180 Å². The Hall–Kier alpha value is -1.44. The molecule has 1 aromatic carbocycles. The largest absolute Gasteiger partial charge is 0.491 e. The smallest absolute Gasteiger partial charge is 0.172 e. The van der Waals surface area contributed by atoms with Crippen LogP contribution in [0.3, 0.4) is 0 Å². The van der Waals surface area contributed by atoms with Crippen molar-refractivity contribution < 1.29 is 23.8 Å². The van der Waals surface area contributed by atoms with Crippen molar-refractivity contribution in [2.24, 2.45) is 0 Å². The van der Waals surface area contributed by atoms with Crippen molar-refractivity contribution >= 4 is 0 Å². The summed E-state index contributed by atoms with van der Waals surface area (Å²) in [6.07, 6.45) is 6.72. The molecule has 1 atom stereocenters. The minimum absolute atomic E-state index is 0.214. The molecule has 0 amide bonds. The van der Waals surface area contributed by atoms with Crippen molar-refractivity contribution in [3.63, 3.8) is 0 Å². The summed E-state index contributed by atoms with van der Waals surface area (Å²) < 4.78 is 23.2. The fraction of sp³-hybridized carbons (Fsp3) is 0.667. The summed E-state index contributed by atoms with van der Waals surface area (Å²) in [5.74, 6) is 0.328. The summed E-state index contributed by atoms with van der Waals surface area (Å²) in [6, 6.07) is 8.25. The van der Waals surface area contributed by atoms with Gasteiger partial charge < -0.3 is 18.9 Å². The number of hydroxylamine groups is 2. The van der Waals surface area contributed by atoms with Crippen molar-refractivity contribution in [2.45, 2.75) is 69.9 Å². The first-order valence-corrected chi connectivity index (χ1v) is 11.0. The summed E-state index contributed by atoms with van der Waals surface area (Å²) in [5, 5.41) is 2.16. The molecular weight excluding hydrogens is 382 g/mol. The second-order valence-corrected chi connectivity index (χ2v) is 9.77. The summed E-state index contributed by atoms with van der Waals surface area (Å²) in [5.41, 5.74) is 0.805. The minimum atomic E-state index is -0.558. The second-order valence-electron chi connectivity index (χ2n) is 9.77. The van der Waals surface area contributed by atoms with Gasteiger partial charge >= 0.3 is 0 Å². The molecule has 166 valence electrons. The third kappa shape index (κ3) is 5.24. The summed E-state index contributed by atoms with van der Waals surface area (Å²) >= 11 is 0. The molecule has 2 fully saturated rings. The maximum absolute atomic E-state index is 6.36. The summed E-state index contributed by atoms with van der Waals surface area (Å²) in [4.78, 5) is 6.36. The minimum Gasteiger partial charge on any atom is -0.491 e. The van der Waals surface area contributed by atoms with Crippen LogP contribution in [-0.4, -0.2) is 61.1 Å². The van der Waals surface area contributed by atoms with Crippen LogP contribution in [0.5, 0.6) is 5.75 Å². The van der Waals surface area contributed by atoms with Crippen LogP contribution in [0.25, 0.3) is 0 Å². The Kier molecular flexibility index (Phi) is 6.24. The average molecular weight is 418 g/mol. The maximum Gasteiger partial charge on any atom is 0.172 e. The maximum atomic E-state index is 6.36. The molecule has 0 radical (unpaired) electrons. The van der Waals surface area contributed by atoms with Crippen molar-refractivity contribution in [1.82, 2.24) is 5.06 Å². The Balaban J connectivity index is 1.32. The predicted molar refractivity (Wildman–Crippen MR) is 114 cm³/mol. The Morgan fingerprint density at radius 3 is 2.13 bits per heavy atom. The highest BCUT2D eigenvalue weighted by atomic mass is 16.7. The predicted octanol–water partition coefficient (Wildman–Crippen LogP) is 3.89. The molecule has 30 heavy (non-hydrogen) atoms. The summed E-state index contributed by atoms with van der Waals surface area (Å²) in [7, 11) is 0. The normalized spacial score (nSPS) is 27.0. The van der Waals surface area contributed by atoms with Gasteiger partial charge in [-0.15, -0.1) is 0 Å². The van der Waals surface area contributed by atoms with E-state index in [0.29, 0.717) is 26.4 Å². The van der Waals surface area contributed by atoms with E-state index in [4.69, 9.17) is 23.8 Å². The molecule has 4 rings (SSSR count). The Bertz CT molecular complexity index is 708. The lowest BCUT2D eigenvalue weighted by atomic mass is 9.78. The zero-order chi connectivity index (χ0) is 21.2. The van der Waals surface area contributed by atoms with Crippen molar-refractivity contribution in [3.8, 4) is 5.75 Å². The van der Waals surface area contributed by atoms with Crippen LogP contribution >= 0.6 is 0 Å². The molecule has 3 heterocycles. The molecule has 0 aliphatic carbocycles. The highest BCUT2D eigenvalue weighted by Crippen LogP contribution is 2.46. The quantitative estimate of drug-likeness (QED) is 0.496. The lowest BCUT2D eigenvalue weighted by Crippen LogP contribution is -2.66. The molecule has 0 saturated carbocycles. The monoisotopic (exact) mass is 417 g/mol. The molecule has 2 saturated heterocycles. The number of hydrogen-bond donors (Lipinski definition) is 0. The Morgan fingerprint density at radius 2 is 1.57 bits per heavy atom. The molecule has 3 aliphatic rings. The number of rotatable bonds is 7. The summed E-state index contributed by atoms with van der Waals surface area (Å²) in [6.45, 7) is 12.1. The standard InChI is InChI=1S/C24H35NO5/c1-22(2)17-24(28-12-5-6-13-29-24)18-23(3,4)25(22)30-14-11-19-7-9-20(10-8-19)26-15-21-16-27-21/h5-10,21H,11-18H2,1-4H3. The van der Waals surface area contributed by atoms with Crippen LogP contribution in [0.2, 0.25) is 0 Å². The van der Waals surface area contributed by atoms with Crippen LogP contribution in [-0.2, 0) is 25.5 Å². The molecule has 1 spiro atoms. The fourth-order valence-electron chi connectivity index (χ4n) is 4.84. The molecule has 0 aromatic heterocycles. The van der Waals surface area contributed by atoms with Crippen molar-refractivity contribution in [1.29, 1.82) is 0 Å². The first-order valence-electron chi connectivity index (χ1n) is 11.0. The van der Waals surface area contributed by atoms with Crippen molar-refractivity contribution in [3.05, 3.63) is 42.0 Å². The highest BCUT2D eigenvalue weighted by molar-refractivity contribution is 5.27. The topological polar surface area (TPSA) is 52.7 Å². The van der Waals surface area contributed by atoms with Crippen LogP contribution < -0.4 is 4.74 Å². The molecule has 0 bridgehead atoms. The van der Waals surface area contributed by atoms with E-state index in [0.717, 1.165) is 31.6 Å². The number of piperidine rings is 1. The van der Waals surface area contributed by atoms with Crippen LogP contribution in [0, 0.1) is 0 Å². The van der Waals surface area contributed by atoms with E-state index in [1.165, 1.54) is 5.56 Å². The van der Waals surface area contributed by atoms with E-state index >= 15 is 0 Å². The van der Waals surface area contributed by atoms with Gasteiger partial charge in [0.15, 0.2) is 5.79 Å². The molecule has 1 unspecified atom stereocenters. The van der Waals surface area contributed by atoms with Gasteiger partial charge in [-0.05, 0) is 51.8 Å². The first kappa shape index (κ1) is 21.8. The van der Waals surface area contributed by atoms with Crippen molar-refractivity contribution in [2.75, 3.05) is 33.0 Å². The fourth-order valence-corrected chi connectivity index (χ4v) is 4.84. The van der Waals surface area contributed by atoms with Crippen LogP contribution in [0.15, 0.2) is 36.4 Å². The third-order valence-electron chi connectivity index (χ3n) is 5.93. The Morgan fingerprint density at radius 1 is 0.967 bits per heavy atom. The molecule has 1 aromatic rings. The SMILES string of the molecule is CC1(C)CC2(CC(C)(C)N1OCCc1ccc(OCC3CO3)cc1)OCC=CCO2. The number of ether oxygens (including phenoxy) is 4. The molecular formula is C24H35NO5. The first-order chi connectivity index (χ1) is 14.3. The van der Waals surface area contributed by atoms with Gasteiger partial charge in [0.25, 0.3) is 0 Å². The molecule has 6 heteroatoms. The van der Waals surface area contributed by atoms with Gasteiger partial charge in [0.1, 0.15) is 18.5 Å².